The zero-order chi connectivity index (χ0) is 18.5. The molecule has 0 heterocycles. The van der Waals surface area contributed by atoms with Gasteiger partial charge in [-0.05, 0) is 51.0 Å². The molecule has 0 spiro atoms. The summed E-state index contributed by atoms with van der Waals surface area (Å²) < 4.78 is 30.9. The van der Waals surface area contributed by atoms with Crippen molar-refractivity contribution in [3.05, 3.63) is 24.3 Å². The van der Waals surface area contributed by atoms with E-state index >= 15 is 0 Å². The third-order valence-corrected chi connectivity index (χ3v) is 5.10. The summed E-state index contributed by atoms with van der Waals surface area (Å²) in [5.74, 6) is 0.592. The van der Waals surface area contributed by atoms with Gasteiger partial charge in [0, 0.05) is 6.04 Å². The summed E-state index contributed by atoms with van der Waals surface area (Å²) in [7, 11) is -3.61. The molecule has 0 saturated carbocycles. The topological polar surface area (TPSA) is 75.7 Å². The van der Waals surface area contributed by atoms with Crippen LogP contribution in [0.2, 0.25) is 0 Å². The van der Waals surface area contributed by atoms with Crippen LogP contribution < -0.4 is 14.4 Å². The Morgan fingerprint density at radius 1 is 1.17 bits per heavy atom. The van der Waals surface area contributed by atoms with Gasteiger partial charge in [0.05, 0.1) is 18.6 Å². The fraction of sp³-hybridized carbons (Fsp3) is 0.588. The molecule has 6 nitrogen and oxygen atoms in total. The predicted octanol–water partition coefficient (Wildman–Crippen LogP) is 2.40. The van der Waals surface area contributed by atoms with Gasteiger partial charge >= 0.3 is 0 Å². The summed E-state index contributed by atoms with van der Waals surface area (Å²) in [5.41, 5.74) is 0.431. The minimum absolute atomic E-state index is 0.0401. The molecule has 0 aliphatic heterocycles. The van der Waals surface area contributed by atoms with Crippen molar-refractivity contribution < 1.29 is 17.9 Å². The van der Waals surface area contributed by atoms with Gasteiger partial charge in [0.25, 0.3) is 0 Å². The summed E-state index contributed by atoms with van der Waals surface area (Å²) in [4.78, 5) is 12.4. The highest BCUT2D eigenvalue weighted by atomic mass is 32.2. The van der Waals surface area contributed by atoms with Crippen LogP contribution in [0, 0.1) is 5.92 Å². The van der Waals surface area contributed by atoms with Gasteiger partial charge in [-0.15, -0.1) is 0 Å². The Bertz CT molecular complexity index is 641. The van der Waals surface area contributed by atoms with Crippen molar-refractivity contribution in [3.8, 4) is 5.75 Å². The van der Waals surface area contributed by atoms with Crippen LogP contribution in [0.4, 0.5) is 5.69 Å². The average molecular weight is 356 g/mol. The first-order valence-corrected chi connectivity index (χ1v) is 9.95. The third-order valence-electron chi connectivity index (χ3n) is 3.86. The molecule has 0 bridgehead atoms. The van der Waals surface area contributed by atoms with Crippen LogP contribution in [0.5, 0.6) is 5.75 Å². The lowest BCUT2D eigenvalue weighted by atomic mass is 10.1. The Balaban J connectivity index is 3.07. The minimum Gasteiger partial charge on any atom is -0.494 e. The largest absolute Gasteiger partial charge is 0.494 e. The fourth-order valence-electron chi connectivity index (χ4n) is 2.18. The number of sulfonamides is 1. The van der Waals surface area contributed by atoms with Crippen LogP contribution in [-0.2, 0) is 14.8 Å². The fourth-order valence-corrected chi connectivity index (χ4v) is 3.35. The van der Waals surface area contributed by atoms with Crippen molar-refractivity contribution in [3.63, 3.8) is 0 Å². The van der Waals surface area contributed by atoms with Gasteiger partial charge in [-0.1, -0.05) is 13.8 Å². The number of amides is 1. The lowest BCUT2D eigenvalue weighted by Gasteiger charge is -2.30. The molecule has 1 rings (SSSR count). The van der Waals surface area contributed by atoms with Gasteiger partial charge in [0.15, 0.2) is 0 Å². The first-order valence-electron chi connectivity index (χ1n) is 8.10. The van der Waals surface area contributed by atoms with Crippen LogP contribution >= 0.6 is 0 Å². The molecule has 0 radical (unpaired) electrons. The second-order valence-electron chi connectivity index (χ2n) is 6.20. The number of hydrogen-bond acceptors (Lipinski definition) is 4. The molecule has 7 heteroatoms. The molecule has 2 unspecified atom stereocenters. The number of carbonyl (C=O) groups is 1. The molecule has 2 atom stereocenters. The Morgan fingerprint density at radius 3 is 2.12 bits per heavy atom. The summed E-state index contributed by atoms with van der Waals surface area (Å²) in [6.07, 6.45) is 1.10. The molecule has 1 amide bonds. The van der Waals surface area contributed by atoms with Crippen LogP contribution in [-0.4, -0.2) is 39.3 Å². The molecule has 0 aliphatic rings. The van der Waals surface area contributed by atoms with Crippen LogP contribution in [0.1, 0.15) is 34.6 Å². The lowest BCUT2D eigenvalue weighted by Crippen LogP contribution is -2.50. The maximum atomic E-state index is 12.4. The van der Waals surface area contributed by atoms with E-state index < -0.39 is 16.1 Å². The number of anilines is 1. The first-order chi connectivity index (χ1) is 11.1. The molecule has 1 aromatic carbocycles. The predicted molar refractivity (Wildman–Crippen MR) is 96.8 cm³/mol. The average Bonchev–Trinajstić information content (AvgIpc) is 2.47. The number of ether oxygens (including phenoxy) is 1. The highest BCUT2D eigenvalue weighted by Gasteiger charge is 2.30. The van der Waals surface area contributed by atoms with E-state index in [9.17, 15) is 13.2 Å². The van der Waals surface area contributed by atoms with Crippen molar-refractivity contribution in [2.45, 2.75) is 46.7 Å². The second-order valence-corrected chi connectivity index (χ2v) is 8.06. The first kappa shape index (κ1) is 20.3. The Labute approximate surface area is 145 Å². The molecule has 0 fully saturated rings. The van der Waals surface area contributed by atoms with E-state index in [2.05, 4.69) is 5.32 Å². The highest BCUT2D eigenvalue weighted by Crippen LogP contribution is 2.24. The SMILES string of the molecule is CCOc1ccc(N(C(C)C(=O)NC(C)C(C)C)S(C)(=O)=O)cc1. The summed E-state index contributed by atoms with van der Waals surface area (Å²) in [6.45, 7) is 9.88. The van der Waals surface area contributed by atoms with Crippen LogP contribution in [0.15, 0.2) is 24.3 Å². The van der Waals surface area contributed by atoms with Crippen molar-refractivity contribution in [2.24, 2.45) is 5.92 Å². The smallest absolute Gasteiger partial charge is 0.243 e. The van der Waals surface area contributed by atoms with E-state index in [0.717, 1.165) is 10.6 Å². The van der Waals surface area contributed by atoms with E-state index in [-0.39, 0.29) is 17.9 Å². The molecule has 0 aromatic heterocycles. The van der Waals surface area contributed by atoms with E-state index in [1.165, 1.54) is 0 Å². The summed E-state index contributed by atoms with van der Waals surface area (Å²) >= 11 is 0. The monoisotopic (exact) mass is 356 g/mol. The van der Waals surface area contributed by atoms with Crippen molar-refractivity contribution in [1.29, 1.82) is 0 Å². The minimum atomic E-state index is -3.61. The molecule has 136 valence electrons. The lowest BCUT2D eigenvalue weighted by molar-refractivity contribution is -0.122. The Hall–Kier alpha value is -1.76. The van der Waals surface area contributed by atoms with Gasteiger partial charge in [0.1, 0.15) is 11.8 Å². The van der Waals surface area contributed by atoms with Crippen molar-refractivity contribution >= 4 is 21.6 Å². The molecular weight excluding hydrogens is 328 g/mol. The number of hydrogen-bond donors (Lipinski definition) is 1. The van der Waals surface area contributed by atoms with E-state index in [1.807, 2.05) is 27.7 Å². The number of benzene rings is 1. The van der Waals surface area contributed by atoms with Gasteiger partial charge in [-0.2, -0.15) is 0 Å². The molecule has 0 saturated heterocycles. The number of nitrogens with zero attached hydrogens (tertiary/aromatic N) is 1. The van der Waals surface area contributed by atoms with Crippen molar-refractivity contribution in [1.82, 2.24) is 5.32 Å². The van der Waals surface area contributed by atoms with Gasteiger partial charge < -0.3 is 10.1 Å². The van der Waals surface area contributed by atoms with Crippen LogP contribution in [0.25, 0.3) is 0 Å². The van der Waals surface area contributed by atoms with E-state index in [0.29, 0.717) is 18.0 Å². The number of nitrogens with one attached hydrogen (secondary N) is 1. The number of rotatable bonds is 8. The summed E-state index contributed by atoms with van der Waals surface area (Å²) in [6, 6.07) is 5.78. The standard InChI is InChI=1S/C17H28N2O4S/c1-7-23-16-10-8-15(9-11-16)19(24(6,21)22)14(5)17(20)18-13(4)12(2)3/h8-14H,7H2,1-6H3,(H,18,20). The second kappa shape index (κ2) is 8.37. The highest BCUT2D eigenvalue weighted by molar-refractivity contribution is 7.92. The normalized spacial score (nSPS) is 14.1. The molecule has 1 N–H and O–H groups in total. The molecular formula is C17H28N2O4S. The van der Waals surface area contributed by atoms with Gasteiger partial charge in [-0.3, -0.25) is 9.10 Å². The van der Waals surface area contributed by atoms with Gasteiger partial charge in [0.2, 0.25) is 15.9 Å². The van der Waals surface area contributed by atoms with Crippen LogP contribution in [0.3, 0.4) is 0 Å². The van der Waals surface area contributed by atoms with E-state index in [1.54, 1.807) is 31.2 Å². The zero-order valence-corrected chi connectivity index (χ0v) is 16.1. The van der Waals surface area contributed by atoms with E-state index in [4.69, 9.17) is 4.74 Å². The maximum absolute atomic E-state index is 12.4. The molecule has 0 aliphatic carbocycles. The summed E-state index contributed by atoms with van der Waals surface area (Å²) in [5, 5.41) is 2.86. The van der Waals surface area contributed by atoms with Gasteiger partial charge in [-0.25, -0.2) is 8.42 Å². The van der Waals surface area contributed by atoms with Crippen molar-refractivity contribution in [2.75, 3.05) is 17.2 Å². The Morgan fingerprint density at radius 2 is 1.71 bits per heavy atom. The maximum Gasteiger partial charge on any atom is 0.243 e. The zero-order valence-electron chi connectivity index (χ0n) is 15.2. The molecule has 24 heavy (non-hydrogen) atoms. The molecule has 1 aromatic rings. The quantitative estimate of drug-likeness (QED) is 0.776. The Kier molecular flexibility index (Phi) is 7.08. The third kappa shape index (κ3) is 5.40. The number of carbonyl (C=O) groups excluding carboxylic acids is 1.